The molecule has 0 radical (unpaired) electrons. The lowest BCUT2D eigenvalue weighted by Gasteiger charge is -2.49. The van der Waals surface area contributed by atoms with Crippen molar-refractivity contribution in [3.05, 3.63) is 0 Å². The number of rotatable bonds is 5. The number of ether oxygens (including phenoxy) is 1. The van der Waals surface area contributed by atoms with Gasteiger partial charge < -0.3 is 15.0 Å². The smallest absolute Gasteiger partial charge is 0.409 e. The summed E-state index contributed by atoms with van der Waals surface area (Å²) >= 11 is 0. The Kier molecular flexibility index (Phi) is 4.66. The first-order chi connectivity index (χ1) is 12.4. The second-order valence-electron chi connectivity index (χ2n) is 9.38. The normalized spacial score (nSPS) is 38.4. The molecule has 2 amide bonds. The van der Waals surface area contributed by atoms with Crippen LogP contribution in [0.4, 0.5) is 4.79 Å². The number of hydrogen-bond acceptors (Lipinski definition) is 4. The lowest BCUT2D eigenvalue weighted by molar-refractivity contribution is -0.123. The highest BCUT2D eigenvalue weighted by Gasteiger charge is 2.62. The van der Waals surface area contributed by atoms with Gasteiger partial charge in [0.15, 0.2) is 0 Å². The topological polar surface area (TPSA) is 61.9 Å². The lowest BCUT2D eigenvalue weighted by Crippen LogP contribution is -2.52. The lowest BCUT2D eigenvalue weighted by atomic mass is 9.64. The van der Waals surface area contributed by atoms with E-state index < -0.39 is 0 Å². The minimum Gasteiger partial charge on any atom is -0.450 e. The number of carbonyl (C=O) groups excluding carboxylic acids is 2. The largest absolute Gasteiger partial charge is 0.450 e. The molecule has 0 aromatic heterocycles. The van der Waals surface area contributed by atoms with Gasteiger partial charge in [-0.1, -0.05) is 13.8 Å². The van der Waals surface area contributed by atoms with Crippen LogP contribution < -0.4 is 5.32 Å². The van der Waals surface area contributed by atoms with E-state index in [2.05, 4.69) is 24.1 Å². The molecule has 2 saturated heterocycles. The average Bonchev–Trinajstić information content (AvgIpc) is 2.95. The van der Waals surface area contributed by atoms with Crippen molar-refractivity contribution in [2.45, 2.75) is 46.1 Å². The third kappa shape index (κ3) is 3.21. The first-order valence-corrected chi connectivity index (χ1v) is 10.4. The van der Waals surface area contributed by atoms with E-state index in [-0.39, 0.29) is 17.9 Å². The Labute approximate surface area is 156 Å². The Hall–Kier alpha value is -1.30. The van der Waals surface area contributed by atoms with Gasteiger partial charge in [-0.2, -0.15) is 0 Å². The number of fused-ring (bicyclic) bond motifs is 1. The molecule has 1 spiro atoms. The molecule has 1 N–H and O–H groups in total. The second kappa shape index (κ2) is 6.70. The van der Waals surface area contributed by atoms with Gasteiger partial charge >= 0.3 is 6.09 Å². The number of hydrogen-bond donors (Lipinski definition) is 1. The summed E-state index contributed by atoms with van der Waals surface area (Å²) in [5.74, 6) is 2.22. The molecule has 26 heavy (non-hydrogen) atoms. The standard InChI is InChI=1S/C20H33N3O3/c1-4-26-19(25)22-6-5-20(12-22)7-14(8-20)23-10-15-16(11-23)17(15)18(24)21-9-13(2)3/h13-17H,4-12H2,1-3H3,(H,21,24)/t14?,15-,16+,17+,20?. The summed E-state index contributed by atoms with van der Waals surface area (Å²) < 4.78 is 5.14. The van der Waals surface area contributed by atoms with Crippen molar-refractivity contribution in [3.63, 3.8) is 0 Å². The summed E-state index contributed by atoms with van der Waals surface area (Å²) in [5, 5.41) is 3.10. The zero-order valence-electron chi connectivity index (χ0n) is 16.4. The summed E-state index contributed by atoms with van der Waals surface area (Å²) in [6.07, 6.45) is 3.37. The van der Waals surface area contributed by atoms with E-state index in [9.17, 15) is 9.59 Å². The SMILES string of the molecule is CCOC(=O)N1CCC2(CC(N3C[C@@H]4[C@H](C3)[C@H]4C(=O)NCC(C)C)C2)C1. The number of nitrogens with zero attached hydrogens (tertiary/aromatic N) is 2. The third-order valence-corrected chi connectivity index (χ3v) is 7.03. The zero-order chi connectivity index (χ0) is 18.5. The van der Waals surface area contributed by atoms with Gasteiger partial charge in [-0.05, 0) is 49.4 Å². The summed E-state index contributed by atoms with van der Waals surface area (Å²) in [4.78, 5) is 28.7. The molecular weight excluding hydrogens is 330 g/mol. The third-order valence-electron chi connectivity index (χ3n) is 7.03. The van der Waals surface area contributed by atoms with Gasteiger partial charge in [-0.15, -0.1) is 0 Å². The predicted molar refractivity (Wildman–Crippen MR) is 98.6 cm³/mol. The van der Waals surface area contributed by atoms with Crippen LogP contribution in [0.1, 0.15) is 40.0 Å². The molecule has 0 unspecified atom stereocenters. The first-order valence-electron chi connectivity index (χ1n) is 10.4. The quantitative estimate of drug-likeness (QED) is 0.811. The van der Waals surface area contributed by atoms with E-state index in [0.29, 0.717) is 35.8 Å². The van der Waals surface area contributed by atoms with Crippen molar-refractivity contribution in [1.29, 1.82) is 0 Å². The van der Waals surface area contributed by atoms with Crippen molar-refractivity contribution >= 4 is 12.0 Å². The van der Waals surface area contributed by atoms with Crippen LogP contribution in [-0.4, -0.2) is 67.2 Å². The van der Waals surface area contributed by atoms with Crippen LogP contribution in [0, 0.1) is 29.1 Å². The average molecular weight is 364 g/mol. The minimum atomic E-state index is -0.148. The molecule has 146 valence electrons. The van der Waals surface area contributed by atoms with Gasteiger partial charge in [0, 0.05) is 44.7 Å². The Morgan fingerprint density at radius 2 is 1.92 bits per heavy atom. The fourth-order valence-corrected chi connectivity index (χ4v) is 5.51. The molecule has 2 aliphatic carbocycles. The Morgan fingerprint density at radius 3 is 2.54 bits per heavy atom. The Bertz CT molecular complexity index is 561. The van der Waals surface area contributed by atoms with Crippen LogP contribution in [0.3, 0.4) is 0 Å². The molecule has 4 fully saturated rings. The van der Waals surface area contributed by atoms with E-state index in [1.807, 2.05) is 11.8 Å². The van der Waals surface area contributed by atoms with Crippen molar-refractivity contribution in [1.82, 2.24) is 15.1 Å². The van der Waals surface area contributed by atoms with Gasteiger partial charge in [0.05, 0.1) is 6.61 Å². The summed E-state index contributed by atoms with van der Waals surface area (Å²) in [6.45, 7) is 11.3. The summed E-state index contributed by atoms with van der Waals surface area (Å²) in [5.41, 5.74) is 0.332. The Balaban J connectivity index is 1.20. The van der Waals surface area contributed by atoms with Gasteiger partial charge in [0.2, 0.25) is 5.91 Å². The maximum Gasteiger partial charge on any atom is 0.409 e. The van der Waals surface area contributed by atoms with E-state index in [1.165, 1.54) is 12.8 Å². The van der Waals surface area contributed by atoms with Gasteiger partial charge in [0.1, 0.15) is 0 Å². The first kappa shape index (κ1) is 18.1. The summed E-state index contributed by atoms with van der Waals surface area (Å²) in [7, 11) is 0. The highest BCUT2D eigenvalue weighted by molar-refractivity contribution is 5.82. The molecule has 6 nitrogen and oxygen atoms in total. The maximum absolute atomic E-state index is 12.3. The fourth-order valence-electron chi connectivity index (χ4n) is 5.51. The summed E-state index contributed by atoms with van der Waals surface area (Å²) in [6, 6.07) is 0.657. The maximum atomic E-state index is 12.3. The molecule has 4 rings (SSSR count). The van der Waals surface area contributed by atoms with Gasteiger partial charge in [-0.3, -0.25) is 9.69 Å². The molecule has 4 aliphatic rings. The van der Waals surface area contributed by atoms with Crippen molar-refractivity contribution < 1.29 is 14.3 Å². The molecule has 2 saturated carbocycles. The zero-order valence-corrected chi connectivity index (χ0v) is 16.4. The van der Waals surface area contributed by atoms with Gasteiger partial charge in [-0.25, -0.2) is 4.79 Å². The van der Waals surface area contributed by atoms with E-state index in [1.54, 1.807) is 0 Å². The molecule has 2 heterocycles. The van der Waals surface area contributed by atoms with E-state index >= 15 is 0 Å². The molecule has 0 aromatic carbocycles. The van der Waals surface area contributed by atoms with Crippen LogP contribution in [0.25, 0.3) is 0 Å². The highest BCUT2D eigenvalue weighted by atomic mass is 16.6. The van der Waals surface area contributed by atoms with Crippen molar-refractivity contribution in [2.24, 2.45) is 29.1 Å². The number of likely N-dealkylation sites (tertiary alicyclic amines) is 2. The second-order valence-corrected chi connectivity index (χ2v) is 9.38. The van der Waals surface area contributed by atoms with Crippen LogP contribution in [0.5, 0.6) is 0 Å². The van der Waals surface area contributed by atoms with Crippen LogP contribution in [0.2, 0.25) is 0 Å². The van der Waals surface area contributed by atoms with Crippen molar-refractivity contribution in [3.8, 4) is 0 Å². The van der Waals surface area contributed by atoms with E-state index in [0.717, 1.165) is 39.1 Å². The van der Waals surface area contributed by atoms with Crippen LogP contribution in [-0.2, 0) is 9.53 Å². The highest BCUT2D eigenvalue weighted by Crippen LogP contribution is 2.56. The van der Waals surface area contributed by atoms with Gasteiger partial charge in [0.25, 0.3) is 0 Å². The number of carbonyl (C=O) groups is 2. The molecule has 0 aromatic rings. The monoisotopic (exact) mass is 363 g/mol. The minimum absolute atomic E-state index is 0.148. The predicted octanol–water partition coefficient (Wildman–Crippen LogP) is 1.95. The molecule has 3 atom stereocenters. The molecule has 2 aliphatic heterocycles. The van der Waals surface area contributed by atoms with Crippen LogP contribution in [0.15, 0.2) is 0 Å². The number of piperidine rings is 1. The number of amides is 2. The Morgan fingerprint density at radius 1 is 1.23 bits per heavy atom. The fraction of sp³-hybridized carbons (Fsp3) is 0.900. The molecule has 0 bridgehead atoms. The molecule has 6 heteroatoms. The van der Waals surface area contributed by atoms with Crippen LogP contribution >= 0.6 is 0 Å². The van der Waals surface area contributed by atoms with Crippen molar-refractivity contribution in [2.75, 3.05) is 39.3 Å². The van der Waals surface area contributed by atoms with E-state index in [4.69, 9.17) is 4.74 Å². The molecular formula is C20H33N3O3. The number of nitrogens with one attached hydrogen (secondary N) is 1.